The van der Waals surface area contributed by atoms with Crippen molar-refractivity contribution in [2.24, 2.45) is 0 Å². The molecule has 4 heteroatoms. The highest BCUT2D eigenvalue weighted by Gasteiger charge is 2.03. The summed E-state index contributed by atoms with van der Waals surface area (Å²) in [5.41, 5.74) is 1.58. The molecule has 1 aromatic rings. The minimum Gasteiger partial charge on any atom is -0.389 e. The zero-order chi connectivity index (χ0) is 15.5. The number of amides is 2. The third-order valence-electron chi connectivity index (χ3n) is 3.47. The standard InChI is InChI=1S/C17H28N2O2/c1-3-4-5-6-7-8-13-18-17(21)19-16-11-9-15(10-12-16)14(2)20/h9-12,14,20H,3-8,13H2,1-2H3,(H2,18,19,21). The van der Waals surface area contributed by atoms with Gasteiger partial charge in [-0.3, -0.25) is 0 Å². The van der Waals surface area contributed by atoms with Gasteiger partial charge in [0.2, 0.25) is 0 Å². The molecule has 1 aromatic carbocycles. The van der Waals surface area contributed by atoms with Crippen LogP contribution in [0.25, 0.3) is 0 Å². The highest BCUT2D eigenvalue weighted by molar-refractivity contribution is 5.89. The van der Waals surface area contributed by atoms with Crippen molar-refractivity contribution < 1.29 is 9.90 Å². The molecule has 1 atom stereocenters. The van der Waals surface area contributed by atoms with Gasteiger partial charge in [0.15, 0.2) is 0 Å². The predicted molar refractivity (Wildman–Crippen MR) is 87.5 cm³/mol. The van der Waals surface area contributed by atoms with Gasteiger partial charge in [-0.25, -0.2) is 4.79 Å². The summed E-state index contributed by atoms with van der Waals surface area (Å²) < 4.78 is 0. The number of hydrogen-bond donors (Lipinski definition) is 3. The Labute approximate surface area is 128 Å². The summed E-state index contributed by atoms with van der Waals surface area (Å²) in [6, 6.07) is 7.05. The summed E-state index contributed by atoms with van der Waals surface area (Å²) >= 11 is 0. The van der Waals surface area contributed by atoms with Crippen molar-refractivity contribution in [1.82, 2.24) is 5.32 Å². The lowest BCUT2D eigenvalue weighted by Gasteiger charge is -2.09. The highest BCUT2D eigenvalue weighted by Crippen LogP contribution is 2.15. The van der Waals surface area contributed by atoms with Crippen molar-refractivity contribution in [2.45, 2.75) is 58.5 Å². The second-order valence-electron chi connectivity index (χ2n) is 5.45. The summed E-state index contributed by atoms with van der Waals surface area (Å²) in [5.74, 6) is 0. The van der Waals surface area contributed by atoms with Gasteiger partial charge in [0.05, 0.1) is 6.10 Å². The number of nitrogens with one attached hydrogen (secondary N) is 2. The van der Waals surface area contributed by atoms with Gasteiger partial charge in [0.25, 0.3) is 0 Å². The lowest BCUT2D eigenvalue weighted by Crippen LogP contribution is -2.29. The Morgan fingerprint density at radius 1 is 1.10 bits per heavy atom. The highest BCUT2D eigenvalue weighted by atomic mass is 16.3. The molecule has 0 heterocycles. The van der Waals surface area contributed by atoms with E-state index in [1.807, 2.05) is 12.1 Å². The lowest BCUT2D eigenvalue weighted by molar-refractivity contribution is 0.199. The maximum Gasteiger partial charge on any atom is 0.319 e. The van der Waals surface area contributed by atoms with Crippen molar-refractivity contribution in [1.29, 1.82) is 0 Å². The molecule has 3 N–H and O–H groups in total. The molecular weight excluding hydrogens is 264 g/mol. The number of benzene rings is 1. The van der Waals surface area contributed by atoms with E-state index >= 15 is 0 Å². The molecule has 118 valence electrons. The van der Waals surface area contributed by atoms with E-state index in [-0.39, 0.29) is 6.03 Å². The Morgan fingerprint density at radius 2 is 1.71 bits per heavy atom. The smallest absolute Gasteiger partial charge is 0.319 e. The Kier molecular flexibility index (Phi) is 8.51. The number of rotatable bonds is 9. The van der Waals surface area contributed by atoms with Crippen molar-refractivity contribution in [3.05, 3.63) is 29.8 Å². The number of carbonyl (C=O) groups is 1. The summed E-state index contributed by atoms with van der Waals surface area (Å²) in [6.07, 6.45) is 6.81. The van der Waals surface area contributed by atoms with Crippen LogP contribution in [0.5, 0.6) is 0 Å². The molecule has 0 aliphatic carbocycles. The van der Waals surface area contributed by atoms with Crippen LogP contribution in [-0.4, -0.2) is 17.7 Å². The fraction of sp³-hybridized carbons (Fsp3) is 0.588. The summed E-state index contributed by atoms with van der Waals surface area (Å²) in [5, 5.41) is 15.1. The molecule has 21 heavy (non-hydrogen) atoms. The average molecular weight is 292 g/mol. The van der Waals surface area contributed by atoms with Gasteiger partial charge in [-0.1, -0.05) is 51.2 Å². The molecule has 1 unspecified atom stereocenters. The van der Waals surface area contributed by atoms with E-state index in [1.54, 1.807) is 19.1 Å². The number of anilines is 1. The minimum atomic E-state index is -0.486. The fourth-order valence-corrected chi connectivity index (χ4v) is 2.13. The summed E-state index contributed by atoms with van der Waals surface area (Å²) in [4.78, 5) is 11.7. The van der Waals surface area contributed by atoms with E-state index < -0.39 is 6.10 Å². The van der Waals surface area contributed by atoms with Crippen molar-refractivity contribution in [3.63, 3.8) is 0 Å². The van der Waals surface area contributed by atoms with Crippen LogP contribution in [0.15, 0.2) is 24.3 Å². The van der Waals surface area contributed by atoms with Crippen molar-refractivity contribution >= 4 is 11.7 Å². The largest absolute Gasteiger partial charge is 0.389 e. The minimum absolute atomic E-state index is 0.173. The van der Waals surface area contributed by atoms with Crippen LogP contribution in [0.3, 0.4) is 0 Å². The summed E-state index contributed by atoms with van der Waals surface area (Å²) in [6.45, 7) is 4.64. The zero-order valence-corrected chi connectivity index (χ0v) is 13.2. The van der Waals surface area contributed by atoms with Crippen LogP contribution in [-0.2, 0) is 0 Å². The first-order chi connectivity index (χ1) is 10.1. The first-order valence-corrected chi connectivity index (χ1v) is 7.96. The molecule has 0 saturated heterocycles. The topological polar surface area (TPSA) is 61.4 Å². The summed E-state index contributed by atoms with van der Waals surface area (Å²) in [7, 11) is 0. The lowest BCUT2D eigenvalue weighted by atomic mass is 10.1. The first kappa shape index (κ1) is 17.5. The van der Waals surface area contributed by atoms with Gasteiger partial charge in [0, 0.05) is 12.2 Å². The van der Waals surface area contributed by atoms with E-state index in [4.69, 9.17) is 0 Å². The van der Waals surface area contributed by atoms with E-state index in [0.717, 1.165) is 17.7 Å². The number of aliphatic hydroxyl groups is 1. The number of unbranched alkanes of at least 4 members (excludes halogenated alkanes) is 5. The van der Waals surface area contributed by atoms with Gasteiger partial charge in [-0.2, -0.15) is 0 Å². The maximum absolute atomic E-state index is 11.7. The van der Waals surface area contributed by atoms with Crippen LogP contribution in [0.4, 0.5) is 10.5 Å². The van der Waals surface area contributed by atoms with Gasteiger partial charge < -0.3 is 15.7 Å². The van der Waals surface area contributed by atoms with Gasteiger partial charge >= 0.3 is 6.03 Å². The Bertz CT molecular complexity index is 402. The van der Waals surface area contributed by atoms with Crippen molar-refractivity contribution in [2.75, 3.05) is 11.9 Å². The molecular formula is C17H28N2O2. The van der Waals surface area contributed by atoms with E-state index in [0.29, 0.717) is 6.54 Å². The fourth-order valence-electron chi connectivity index (χ4n) is 2.13. The maximum atomic E-state index is 11.7. The third-order valence-corrected chi connectivity index (χ3v) is 3.47. The average Bonchev–Trinajstić information content (AvgIpc) is 2.47. The van der Waals surface area contributed by atoms with Crippen LogP contribution in [0.1, 0.15) is 64.0 Å². The van der Waals surface area contributed by atoms with Gasteiger partial charge in [-0.15, -0.1) is 0 Å². The number of aliphatic hydroxyl groups excluding tert-OH is 1. The molecule has 0 fully saturated rings. The SMILES string of the molecule is CCCCCCCCNC(=O)Nc1ccc(C(C)O)cc1. The Morgan fingerprint density at radius 3 is 2.33 bits per heavy atom. The van der Waals surface area contributed by atoms with Crippen LogP contribution >= 0.6 is 0 Å². The van der Waals surface area contributed by atoms with Crippen LogP contribution in [0, 0.1) is 0 Å². The molecule has 0 bridgehead atoms. The molecule has 0 aromatic heterocycles. The molecule has 4 nitrogen and oxygen atoms in total. The second kappa shape index (κ2) is 10.2. The molecule has 0 spiro atoms. The van der Waals surface area contributed by atoms with E-state index in [2.05, 4.69) is 17.6 Å². The molecule has 0 aliphatic heterocycles. The monoisotopic (exact) mass is 292 g/mol. The molecule has 0 radical (unpaired) electrons. The first-order valence-electron chi connectivity index (χ1n) is 7.96. The van der Waals surface area contributed by atoms with E-state index in [1.165, 1.54) is 32.1 Å². The van der Waals surface area contributed by atoms with E-state index in [9.17, 15) is 9.90 Å². The normalized spacial score (nSPS) is 12.0. The molecule has 1 rings (SSSR count). The molecule has 0 saturated carbocycles. The third kappa shape index (κ3) is 7.71. The molecule has 2 amide bonds. The Balaban J connectivity index is 2.15. The van der Waals surface area contributed by atoms with Gasteiger partial charge in [-0.05, 0) is 31.0 Å². The van der Waals surface area contributed by atoms with Crippen LogP contribution in [0.2, 0.25) is 0 Å². The number of carbonyl (C=O) groups excluding carboxylic acids is 1. The Hall–Kier alpha value is -1.55. The van der Waals surface area contributed by atoms with Crippen LogP contribution < -0.4 is 10.6 Å². The molecule has 0 aliphatic rings. The number of urea groups is 1. The number of hydrogen-bond acceptors (Lipinski definition) is 2. The predicted octanol–water partition coefficient (Wildman–Crippen LogP) is 4.22. The zero-order valence-electron chi connectivity index (χ0n) is 13.2. The quantitative estimate of drug-likeness (QED) is 0.597. The second-order valence-corrected chi connectivity index (χ2v) is 5.45. The van der Waals surface area contributed by atoms with Gasteiger partial charge in [0.1, 0.15) is 0 Å². The van der Waals surface area contributed by atoms with Crippen molar-refractivity contribution in [3.8, 4) is 0 Å².